The largest absolute Gasteiger partial charge is 0.416 e. The molecule has 1 unspecified atom stereocenters. The van der Waals surface area contributed by atoms with Crippen molar-refractivity contribution in [3.8, 4) is 0 Å². The lowest BCUT2D eigenvalue weighted by Gasteiger charge is -2.14. The Bertz CT molecular complexity index is 609. The zero-order valence-corrected chi connectivity index (χ0v) is 10.9. The lowest BCUT2D eigenvalue weighted by Crippen LogP contribution is -2.08. The Labute approximate surface area is 114 Å². The van der Waals surface area contributed by atoms with Gasteiger partial charge >= 0.3 is 6.18 Å². The number of aliphatic hydroxyl groups excluding tert-OH is 1. The van der Waals surface area contributed by atoms with Crippen molar-refractivity contribution in [1.82, 2.24) is 10.2 Å². The normalized spacial score (nSPS) is 13.3. The van der Waals surface area contributed by atoms with Gasteiger partial charge in [-0.1, -0.05) is 12.1 Å². The molecule has 0 aliphatic rings. The average Bonchev–Trinajstić information content (AvgIpc) is 2.40. The van der Waals surface area contributed by atoms with Crippen LogP contribution < -0.4 is 0 Å². The van der Waals surface area contributed by atoms with Crippen molar-refractivity contribution in [1.29, 1.82) is 0 Å². The quantitative estimate of drug-likeness (QED) is 0.920. The highest BCUT2D eigenvalue weighted by atomic mass is 19.4. The molecule has 0 bridgehead atoms. The van der Waals surface area contributed by atoms with Gasteiger partial charge in [-0.05, 0) is 37.6 Å². The summed E-state index contributed by atoms with van der Waals surface area (Å²) >= 11 is 0. The molecular formula is C14H13F3N2O. The molecule has 0 aliphatic heterocycles. The number of rotatable bonds is 2. The zero-order chi connectivity index (χ0) is 14.9. The fourth-order valence-electron chi connectivity index (χ4n) is 1.88. The standard InChI is InChI=1S/C14H13F3N2O/c1-8-7-12(9(2)19-18-8)13(20)10-3-5-11(6-4-10)14(15,16)17/h3-7,13,20H,1-2H3. The van der Waals surface area contributed by atoms with Crippen LogP contribution in [0.25, 0.3) is 0 Å². The Morgan fingerprint density at radius 3 is 2.20 bits per heavy atom. The smallest absolute Gasteiger partial charge is 0.384 e. The molecule has 0 spiro atoms. The van der Waals surface area contributed by atoms with E-state index in [-0.39, 0.29) is 0 Å². The molecule has 1 heterocycles. The van der Waals surface area contributed by atoms with Crippen LogP contribution in [-0.2, 0) is 6.18 Å². The summed E-state index contributed by atoms with van der Waals surface area (Å²) < 4.78 is 37.4. The third-order valence-electron chi connectivity index (χ3n) is 2.99. The summed E-state index contributed by atoms with van der Waals surface area (Å²) in [4.78, 5) is 0. The molecule has 0 aliphatic carbocycles. The van der Waals surface area contributed by atoms with E-state index in [1.54, 1.807) is 19.9 Å². The second-order valence-corrected chi connectivity index (χ2v) is 4.55. The van der Waals surface area contributed by atoms with Gasteiger partial charge in [-0.3, -0.25) is 0 Å². The van der Waals surface area contributed by atoms with Crippen LogP contribution in [0.2, 0.25) is 0 Å². The van der Waals surface area contributed by atoms with Gasteiger partial charge in [0.2, 0.25) is 0 Å². The molecule has 106 valence electrons. The molecule has 1 aromatic carbocycles. The van der Waals surface area contributed by atoms with Gasteiger partial charge in [-0.2, -0.15) is 23.4 Å². The Kier molecular flexibility index (Phi) is 3.76. The van der Waals surface area contributed by atoms with Crippen molar-refractivity contribution in [2.24, 2.45) is 0 Å². The molecule has 0 amide bonds. The molecule has 6 heteroatoms. The van der Waals surface area contributed by atoms with E-state index in [2.05, 4.69) is 10.2 Å². The van der Waals surface area contributed by atoms with Gasteiger partial charge < -0.3 is 5.11 Å². The SMILES string of the molecule is Cc1cc(C(O)c2ccc(C(F)(F)F)cc2)c(C)nn1. The number of aromatic nitrogens is 2. The lowest BCUT2D eigenvalue weighted by molar-refractivity contribution is -0.137. The number of aryl methyl sites for hydroxylation is 2. The summed E-state index contributed by atoms with van der Waals surface area (Å²) in [7, 11) is 0. The number of halogens is 3. The van der Waals surface area contributed by atoms with Gasteiger partial charge in [-0.15, -0.1) is 0 Å². The molecule has 0 fully saturated rings. The molecule has 0 saturated heterocycles. The van der Waals surface area contributed by atoms with Gasteiger partial charge in [0, 0.05) is 5.56 Å². The van der Waals surface area contributed by atoms with Crippen molar-refractivity contribution in [2.45, 2.75) is 26.1 Å². The van der Waals surface area contributed by atoms with E-state index in [0.29, 0.717) is 22.5 Å². The number of nitrogens with zero attached hydrogens (tertiary/aromatic N) is 2. The highest BCUT2D eigenvalue weighted by molar-refractivity contribution is 5.34. The van der Waals surface area contributed by atoms with Gasteiger partial charge in [-0.25, -0.2) is 0 Å². The number of hydrogen-bond donors (Lipinski definition) is 1. The maximum absolute atomic E-state index is 12.5. The number of alkyl halides is 3. The molecule has 1 atom stereocenters. The topological polar surface area (TPSA) is 46.0 Å². The monoisotopic (exact) mass is 282 g/mol. The van der Waals surface area contributed by atoms with Crippen molar-refractivity contribution in [2.75, 3.05) is 0 Å². The highest BCUT2D eigenvalue weighted by Crippen LogP contribution is 2.31. The van der Waals surface area contributed by atoms with E-state index in [1.165, 1.54) is 12.1 Å². The molecule has 0 radical (unpaired) electrons. The van der Waals surface area contributed by atoms with Gasteiger partial charge in [0.15, 0.2) is 0 Å². The van der Waals surface area contributed by atoms with E-state index >= 15 is 0 Å². The van der Waals surface area contributed by atoms with Crippen LogP contribution in [0.5, 0.6) is 0 Å². The van der Waals surface area contributed by atoms with E-state index in [0.717, 1.165) is 12.1 Å². The zero-order valence-electron chi connectivity index (χ0n) is 10.9. The summed E-state index contributed by atoms with van der Waals surface area (Å²) in [6, 6.07) is 6.11. The van der Waals surface area contributed by atoms with E-state index in [1.807, 2.05) is 0 Å². The molecule has 3 nitrogen and oxygen atoms in total. The van der Waals surface area contributed by atoms with Gasteiger partial charge in [0.1, 0.15) is 6.10 Å². The van der Waals surface area contributed by atoms with Gasteiger partial charge in [0.05, 0.1) is 17.0 Å². The fraction of sp³-hybridized carbons (Fsp3) is 0.286. The van der Waals surface area contributed by atoms with Crippen molar-refractivity contribution in [3.63, 3.8) is 0 Å². The molecule has 20 heavy (non-hydrogen) atoms. The first-order chi connectivity index (χ1) is 9.29. The second-order valence-electron chi connectivity index (χ2n) is 4.55. The number of hydrogen-bond acceptors (Lipinski definition) is 3. The molecule has 1 N–H and O–H groups in total. The summed E-state index contributed by atoms with van der Waals surface area (Å²) in [6.07, 6.45) is -5.40. The third kappa shape index (κ3) is 2.96. The third-order valence-corrected chi connectivity index (χ3v) is 2.99. The van der Waals surface area contributed by atoms with Crippen LogP contribution >= 0.6 is 0 Å². The first kappa shape index (κ1) is 14.5. The van der Waals surface area contributed by atoms with Crippen LogP contribution in [0.4, 0.5) is 13.2 Å². The first-order valence-electron chi connectivity index (χ1n) is 5.95. The summed E-state index contributed by atoms with van der Waals surface area (Å²) in [5.74, 6) is 0. The maximum Gasteiger partial charge on any atom is 0.416 e. The highest BCUT2D eigenvalue weighted by Gasteiger charge is 2.30. The number of benzene rings is 1. The van der Waals surface area contributed by atoms with E-state index in [4.69, 9.17) is 0 Å². The number of aliphatic hydroxyl groups is 1. The Morgan fingerprint density at radius 2 is 1.65 bits per heavy atom. The van der Waals surface area contributed by atoms with Crippen LogP contribution in [0, 0.1) is 13.8 Å². The van der Waals surface area contributed by atoms with Crippen molar-refractivity contribution >= 4 is 0 Å². The molecule has 2 aromatic rings. The molecule has 2 rings (SSSR count). The van der Waals surface area contributed by atoms with Crippen LogP contribution in [0.1, 0.15) is 34.2 Å². The minimum atomic E-state index is -4.38. The second kappa shape index (κ2) is 5.20. The van der Waals surface area contributed by atoms with Crippen LogP contribution in [-0.4, -0.2) is 15.3 Å². The first-order valence-corrected chi connectivity index (χ1v) is 5.95. The average molecular weight is 282 g/mol. The Morgan fingerprint density at radius 1 is 1.05 bits per heavy atom. The molecule has 1 aromatic heterocycles. The fourth-order valence-corrected chi connectivity index (χ4v) is 1.88. The van der Waals surface area contributed by atoms with Crippen molar-refractivity contribution < 1.29 is 18.3 Å². The van der Waals surface area contributed by atoms with E-state index < -0.39 is 17.8 Å². The summed E-state index contributed by atoms with van der Waals surface area (Å²) in [6.45, 7) is 3.42. The predicted molar refractivity (Wildman–Crippen MR) is 67.0 cm³/mol. The molecular weight excluding hydrogens is 269 g/mol. The van der Waals surface area contributed by atoms with E-state index in [9.17, 15) is 18.3 Å². The van der Waals surface area contributed by atoms with Crippen LogP contribution in [0.15, 0.2) is 30.3 Å². The van der Waals surface area contributed by atoms with Gasteiger partial charge in [0.25, 0.3) is 0 Å². The lowest BCUT2D eigenvalue weighted by atomic mass is 9.99. The Hall–Kier alpha value is -1.95. The maximum atomic E-state index is 12.5. The Balaban J connectivity index is 2.34. The minimum absolute atomic E-state index is 0.383. The predicted octanol–water partition coefficient (Wildman–Crippen LogP) is 3.19. The minimum Gasteiger partial charge on any atom is -0.384 e. The summed E-state index contributed by atoms with van der Waals surface area (Å²) in [5, 5.41) is 18.0. The van der Waals surface area contributed by atoms with Crippen LogP contribution in [0.3, 0.4) is 0 Å². The summed E-state index contributed by atoms with van der Waals surface area (Å²) in [5.41, 5.74) is 1.36. The van der Waals surface area contributed by atoms with Crippen molar-refractivity contribution in [3.05, 3.63) is 58.4 Å². The molecule has 0 saturated carbocycles.